The van der Waals surface area contributed by atoms with E-state index in [2.05, 4.69) is 25.9 Å². The first kappa shape index (κ1) is 14.0. The van der Waals surface area contributed by atoms with Gasteiger partial charge in [-0.15, -0.1) is 10.2 Å². The van der Waals surface area contributed by atoms with Crippen molar-refractivity contribution in [3.8, 4) is 6.07 Å². The van der Waals surface area contributed by atoms with Gasteiger partial charge in [0.2, 0.25) is 5.82 Å². The Morgan fingerprint density at radius 1 is 1.41 bits per heavy atom. The van der Waals surface area contributed by atoms with Gasteiger partial charge in [0.1, 0.15) is 17.5 Å². The number of halogens is 1. The van der Waals surface area contributed by atoms with Gasteiger partial charge in [-0.2, -0.15) is 10.5 Å². The molecule has 8 heteroatoms. The molecule has 112 valence electrons. The fraction of sp³-hybridized carbons (Fsp3) is 0.286. The van der Waals surface area contributed by atoms with Gasteiger partial charge < -0.3 is 10.2 Å². The van der Waals surface area contributed by atoms with Crippen molar-refractivity contribution >= 4 is 16.9 Å². The summed E-state index contributed by atoms with van der Waals surface area (Å²) in [4.78, 5) is 2.04. The van der Waals surface area contributed by atoms with E-state index in [0.717, 1.165) is 25.9 Å². The molecular formula is C14H14FN7. The SMILES string of the molecule is N#CC(=CNc1ccc(N2CCCC2)c(F)c1)c1nn[nH]n1. The molecule has 2 aromatic rings. The number of benzene rings is 1. The zero-order valence-electron chi connectivity index (χ0n) is 11.8. The molecule has 0 saturated carbocycles. The van der Waals surface area contributed by atoms with Crippen molar-refractivity contribution in [2.75, 3.05) is 23.3 Å². The van der Waals surface area contributed by atoms with Crippen molar-refractivity contribution in [2.24, 2.45) is 0 Å². The van der Waals surface area contributed by atoms with Gasteiger partial charge in [-0.25, -0.2) is 4.39 Å². The van der Waals surface area contributed by atoms with E-state index in [-0.39, 0.29) is 17.2 Å². The first-order valence-electron chi connectivity index (χ1n) is 6.93. The van der Waals surface area contributed by atoms with Crippen LogP contribution in [0.4, 0.5) is 15.8 Å². The zero-order chi connectivity index (χ0) is 15.4. The van der Waals surface area contributed by atoms with E-state index in [4.69, 9.17) is 5.26 Å². The summed E-state index contributed by atoms with van der Waals surface area (Å²) in [5, 5.41) is 25.1. The van der Waals surface area contributed by atoms with E-state index >= 15 is 0 Å². The second kappa shape index (κ2) is 6.22. The van der Waals surface area contributed by atoms with Gasteiger partial charge >= 0.3 is 0 Å². The molecule has 7 nitrogen and oxygen atoms in total. The van der Waals surface area contributed by atoms with Crippen LogP contribution in [0.2, 0.25) is 0 Å². The third-order valence-corrected chi connectivity index (χ3v) is 3.48. The molecule has 0 aliphatic carbocycles. The molecular weight excluding hydrogens is 285 g/mol. The summed E-state index contributed by atoms with van der Waals surface area (Å²) in [6.07, 6.45) is 3.62. The Bertz CT molecular complexity index is 711. The predicted octanol–water partition coefficient (Wildman–Crippen LogP) is 1.92. The molecule has 2 N–H and O–H groups in total. The number of nitriles is 1. The van der Waals surface area contributed by atoms with Crippen molar-refractivity contribution in [1.82, 2.24) is 20.6 Å². The first-order chi connectivity index (χ1) is 10.8. The summed E-state index contributed by atoms with van der Waals surface area (Å²) >= 11 is 0. The topological polar surface area (TPSA) is 93.5 Å². The molecule has 1 fully saturated rings. The van der Waals surface area contributed by atoms with Gasteiger partial charge in [-0.1, -0.05) is 0 Å². The summed E-state index contributed by atoms with van der Waals surface area (Å²) in [7, 11) is 0. The minimum Gasteiger partial charge on any atom is -0.369 e. The Kier molecular flexibility index (Phi) is 3.96. The molecule has 0 amide bonds. The molecule has 22 heavy (non-hydrogen) atoms. The smallest absolute Gasteiger partial charge is 0.216 e. The van der Waals surface area contributed by atoms with Crippen molar-refractivity contribution < 1.29 is 4.39 Å². The maximum atomic E-state index is 14.2. The Balaban J connectivity index is 1.76. The molecule has 3 rings (SSSR count). The van der Waals surface area contributed by atoms with E-state index in [1.165, 1.54) is 12.3 Å². The van der Waals surface area contributed by atoms with Crippen LogP contribution in [0.3, 0.4) is 0 Å². The van der Waals surface area contributed by atoms with Gasteiger partial charge in [0.15, 0.2) is 0 Å². The molecule has 0 bridgehead atoms. The Hall–Kier alpha value is -2.95. The largest absolute Gasteiger partial charge is 0.369 e. The van der Waals surface area contributed by atoms with Crippen molar-refractivity contribution in [2.45, 2.75) is 12.8 Å². The quantitative estimate of drug-likeness (QED) is 0.838. The van der Waals surface area contributed by atoms with E-state index in [9.17, 15) is 4.39 Å². The second-order valence-electron chi connectivity index (χ2n) is 4.91. The van der Waals surface area contributed by atoms with Crippen LogP contribution in [0.15, 0.2) is 24.4 Å². The second-order valence-corrected chi connectivity index (χ2v) is 4.91. The fourth-order valence-corrected chi connectivity index (χ4v) is 2.39. The third-order valence-electron chi connectivity index (χ3n) is 3.48. The van der Waals surface area contributed by atoms with Gasteiger partial charge in [0.05, 0.1) is 5.69 Å². The highest BCUT2D eigenvalue weighted by Crippen LogP contribution is 2.26. The molecule has 0 unspecified atom stereocenters. The van der Waals surface area contributed by atoms with Crippen molar-refractivity contribution in [1.29, 1.82) is 5.26 Å². The van der Waals surface area contributed by atoms with Gasteiger partial charge in [-0.3, -0.25) is 0 Å². The fourth-order valence-electron chi connectivity index (χ4n) is 2.39. The summed E-state index contributed by atoms with van der Waals surface area (Å²) in [5.74, 6) is -0.0949. The number of aromatic nitrogens is 4. The number of aromatic amines is 1. The average Bonchev–Trinajstić information content (AvgIpc) is 3.21. The monoisotopic (exact) mass is 299 g/mol. The van der Waals surface area contributed by atoms with Gasteiger partial charge in [-0.05, 0) is 36.3 Å². The van der Waals surface area contributed by atoms with Gasteiger partial charge in [0, 0.05) is 25.0 Å². The molecule has 1 aromatic carbocycles. The van der Waals surface area contributed by atoms with Crippen LogP contribution in [0.1, 0.15) is 18.7 Å². The molecule has 1 aliphatic rings. The number of rotatable bonds is 4. The average molecular weight is 299 g/mol. The summed E-state index contributed by atoms with van der Waals surface area (Å²) in [6.45, 7) is 1.78. The van der Waals surface area contributed by atoms with Crippen LogP contribution in [-0.4, -0.2) is 33.7 Å². The van der Waals surface area contributed by atoms with E-state index < -0.39 is 0 Å². The van der Waals surface area contributed by atoms with Crippen LogP contribution >= 0.6 is 0 Å². The number of allylic oxidation sites excluding steroid dienone is 1. The number of nitrogens with zero attached hydrogens (tertiary/aromatic N) is 5. The standard InChI is InChI=1S/C14H14FN7/c15-12-7-11(3-4-13(12)22-5-1-2-6-22)17-9-10(8-16)14-18-20-21-19-14/h3-4,7,9,17H,1-2,5-6H2,(H,18,19,20,21). The molecule has 0 atom stereocenters. The van der Waals surface area contributed by atoms with Crippen LogP contribution in [0.5, 0.6) is 0 Å². The lowest BCUT2D eigenvalue weighted by molar-refractivity contribution is 0.623. The summed E-state index contributed by atoms with van der Waals surface area (Å²) in [5.41, 5.74) is 1.38. The van der Waals surface area contributed by atoms with E-state index in [1.54, 1.807) is 12.1 Å². The number of hydrogen-bond acceptors (Lipinski definition) is 6. The normalized spacial score (nSPS) is 14.9. The van der Waals surface area contributed by atoms with Crippen molar-refractivity contribution in [3.05, 3.63) is 36.0 Å². The molecule has 1 saturated heterocycles. The lowest BCUT2D eigenvalue weighted by atomic mass is 10.2. The Morgan fingerprint density at radius 2 is 2.23 bits per heavy atom. The number of anilines is 2. The number of H-pyrrole nitrogens is 1. The van der Waals surface area contributed by atoms with Crippen LogP contribution in [0, 0.1) is 17.1 Å². The summed E-state index contributed by atoms with van der Waals surface area (Å²) in [6, 6.07) is 6.89. The van der Waals surface area contributed by atoms with E-state index in [1.807, 2.05) is 11.0 Å². The maximum absolute atomic E-state index is 14.2. The predicted molar refractivity (Wildman–Crippen MR) is 79.2 cm³/mol. The highest BCUT2D eigenvalue weighted by molar-refractivity contribution is 5.74. The number of nitrogens with one attached hydrogen (secondary N) is 2. The van der Waals surface area contributed by atoms with Crippen molar-refractivity contribution in [3.63, 3.8) is 0 Å². The maximum Gasteiger partial charge on any atom is 0.216 e. The molecule has 2 heterocycles. The first-order valence-corrected chi connectivity index (χ1v) is 6.93. The Labute approximate surface area is 126 Å². The minimum absolute atomic E-state index is 0.184. The summed E-state index contributed by atoms with van der Waals surface area (Å²) < 4.78 is 14.2. The molecule has 0 spiro atoms. The van der Waals surface area contributed by atoms with E-state index in [0.29, 0.717) is 11.4 Å². The minimum atomic E-state index is -0.279. The molecule has 1 aliphatic heterocycles. The third kappa shape index (κ3) is 2.88. The zero-order valence-corrected chi connectivity index (χ0v) is 11.8. The van der Waals surface area contributed by atoms with Crippen LogP contribution < -0.4 is 10.2 Å². The highest BCUT2D eigenvalue weighted by atomic mass is 19.1. The number of tetrazole rings is 1. The Morgan fingerprint density at radius 3 is 2.86 bits per heavy atom. The lowest BCUT2D eigenvalue weighted by Crippen LogP contribution is -2.18. The van der Waals surface area contributed by atoms with Crippen LogP contribution in [0.25, 0.3) is 5.57 Å². The lowest BCUT2D eigenvalue weighted by Gasteiger charge is -2.18. The number of hydrogen-bond donors (Lipinski definition) is 2. The van der Waals surface area contributed by atoms with Gasteiger partial charge in [0.25, 0.3) is 0 Å². The molecule has 1 aromatic heterocycles. The highest BCUT2D eigenvalue weighted by Gasteiger charge is 2.16. The molecule has 0 radical (unpaired) electrons. The van der Waals surface area contributed by atoms with Crippen LogP contribution in [-0.2, 0) is 0 Å².